The quantitative estimate of drug-likeness (QED) is 0.789. The number of aryl methyl sites for hydroxylation is 1. The average Bonchev–Trinajstić information content (AvgIpc) is 3.49. The molecule has 3 fully saturated rings. The highest BCUT2D eigenvalue weighted by Crippen LogP contribution is 2.34. The monoisotopic (exact) mass is 400 g/mol. The van der Waals surface area contributed by atoms with Crippen LogP contribution in [0.25, 0.3) is 0 Å². The van der Waals surface area contributed by atoms with Crippen LogP contribution in [-0.2, 0) is 15.9 Å². The van der Waals surface area contributed by atoms with Crippen molar-refractivity contribution in [1.29, 1.82) is 0 Å². The van der Waals surface area contributed by atoms with E-state index in [0.29, 0.717) is 18.9 Å². The second-order valence-corrected chi connectivity index (χ2v) is 8.58. The van der Waals surface area contributed by atoms with Crippen LogP contribution in [0.3, 0.4) is 0 Å². The second kappa shape index (κ2) is 7.87. The summed E-state index contributed by atoms with van der Waals surface area (Å²) >= 11 is 0. The molecule has 1 saturated carbocycles. The average molecular weight is 400 g/mol. The molecule has 2 aliphatic heterocycles. The van der Waals surface area contributed by atoms with Crippen LogP contribution in [0.1, 0.15) is 60.0 Å². The largest absolute Gasteiger partial charge is 0.371 e. The topological polar surface area (TPSA) is 107 Å². The van der Waals surface area contributed by atoms with Crippen LogP contribution in [0, 0.1) is 12.8 Å². The van der Waals surface area contributed by atoms with Crippen molar-refractivity contribution in [3.05, 3.63) is 29.3 Å². The minimum atomic E-state index is -0.217. The van der Waals surface area contributed by atoms with Gasteiger partial charge >= 0.3 is 0 Å². The van der Waals surface area contributed by atoms with E-state index in [2.05, 4.69) is 25.8 Å². The molecule has 0 aromatic carbocycles. The predicted octanol–water partition coefficient (Wildman–Crippen LogP) is 1.57. The fraction of sp³-hybridized carbons (Fsp3) is 0.700. The molecule has 156 valence electrons. The summed E-state index contributed by atoms with van der Waals surface area (Å²) in [7, 11) is 0. The van der Waals surface area contributed by atoms with E-state index in [4.69, 9.17) is 9.47 Å². The lowest BCUT2D eigenvalue weighted by Gasteiger charge is -2.20. The van der Waals surface area contributed by atoms with E-state index in [0.717, 1.165) is 23.7 Å². The van der Waals surface area contributed by atoms with Crippen molar-refractivity contribution >= 4 is 5.91 Å². The van der Waals surface area contributed by atoms with Gasteiger partial charge in [0, 0.05) is 11.9 Å². The van der Waals surface area contributed by atoms with Crippen LogP contribution < -0.4 is 5.32 Å². The van der Waals surface area contributed by atoms with Gasteiger partial charge < -0.3 is 14.8 Å². The number of fused-ring (bicyclic) bond motifs is 1. The number of nitrogens with one attached hydrogen (secondary N) is 2. The number of ether oxygens (including phenoxy) is 2. The molecule has 5 rings (SSSR count). The molecule has 2 saturated heterocycles. The van der Waals surface area contributed by atoms with Gasteiger partial charge in [-0.1, -0.05) is 37.3 Å². The van der Waals surface area contributed by atoms with Gasteiger partial charge in [0.2, 0.25) is 0 Å². The third kappa shape index (κ3) is 3.81. The molecule has 9 nitrogen and oxygen atoms in total. The Morgan fingerprint density at radius 1 is 1.24 bits per heavy atom. The minimum absolute atomic E-state index is 0.0119. The van der Waals surface area contributed by atoms with E-state index in [1.165, 1.54) is 32.1 Å². The first-order valence-corrected chi connectivity index (χ1v) is 10.6. The number of aromatic nitrogens is 5. The molecule has 29 heavy (non-hydrogen) atoms. The van der Waals surface area contributed by atoms with Gasteiger partial charge in [-0.05, 0) is 25.3 Å². The van der Waals surface area contributed by atoms with Gasteiger partial charge in [-0.2, -0.15) is 5.10 Å². The number of aromatic amines is 1. The number of hydrogen-bond acceptors (Lipinski definition) is 6. The number of carbonyl (C=O) groups is 1. The predicted molar refractivity (Wildman–Crippen MR) is 103 cm³/mol. The molecular formula is C20H28N6O3. The van der Waals surface area contributed by atoms with Gasteiger partial charge in [-0.25, -0.2) is 4.68 Å². The summed E-state index contributed by atoms with van der Waals surface area (Å²) in [5.41, 5.74) is 2.28. The number of carbonyl (C=O) groups excluding carboxylic acids is 1. The first-order chi connectivity index (χ1) is 14.2. The van der Waals surface area contributed by atoms with Crippen LogP contribution in [-0.4, -0.2) is 62.6 Å². The maximum Gasteiger partial charge on any atom is 0.272 e. The lowest BCUT2D eigenvalue weighted by molar-refractivity contribution is 0.0613. The smallest absolute Gasteiger partial charge is 0.272 e. The van der Waals surface area contributed by atoms with Crippen molar-refractivity contribution in [2.24, 2.45) is 5.92 Å². The molecule has 0 bridgehead atoms. The van der Waals surface area contributed by atoms with Gasteiger partial charge in [0.25, 0.3) is 5.91 Å². The minimum Gasteiger partial charge on any atom is -0.371 e. The van der Waals surface area contributed by atoms with Crippen LogP contribution >= 0.6 is 0 Å². The molecule has 2 aromatic heterocycles. The zero-order valence-corrected chi connectivity index (χ0v) is 16.7. The highest BCUT2D eigenvalue weighted by Gasteiger charge is 2.49. The van der Waals surface area contributed by atoms with Crippen LogP contribution in [0.4, 0.5) is 0 Å². The summed E-state index contributed by atoms with van der Waals surface area (Å²) in [4.78, 5) is 12.4. The number of amides is 1. The van der Waals surface area contributed by atoms with Crippen molar-refractivity contribution in [1.82, 2.24) is 30.5 Å². The SMILES string of the molecule is Cc1cc(C(=O)NC2COC3C2OCC3n2cc(CC3CCCCC3)nn2)n[nH]1. The maximum absolute atomic E-state index is 12.4. The zero-order valence-electron chi connectivity index (χ0n) is 16.7. The Labute approximate surface area is 169 Å². The van der Waals surface area contributed by atoms with Crippen molar-refractivity contribution in [3.8, 4) is 0 Å². The summed E-state index contributed by atoms with van der Waals surface area (Å²) in [6.45, 7) is 2.80. The van der Waals surface area contributed by atoms with Crippen molar-refractivity contribution in [3.63, 3.8) is 0 Å². The highest BCUT2D eigenvalue weighted by atomic mass is 16.6. The lowest BCUT2D eigenvalue weighted by Crippen LogP contribution is -2.44. The van der Waals surface area contributed by atoms with E-state index in [9.17, 15) is 4.79 Å². The Hall–Kier alpha value is -2.26. The molecule has 1 aliphatic carbocycles. The second-order valence-electron chi connectivity index (χ2n) is 8.58. The van der Waals surface area contributed by atoms with E-state index in [1.807, 2.05) is 17.8 Å². The Bertz CT molecular complexity index is 858. The van der Waals surface area contributed by atoms with Crippen LogP contribution in [0.5, 0.6) is 0 Å². The zero-order chi connectivity index (χ0) is 19.8. The van der Waals surface area contributed by atoms with Gasteiger partial charge in [0.05, 0.1) is 24.9 Å². The first kappa shape index (κ1) is 18.7. The molecule has 0 radical (unpaired) electrons. The van der Waals surface area contributed by atoms with Crippen molar-refractivity contribution in [2.75, 3.05) is 13.2 Å². The van der Waals surface area contributed by atoms with E-state index < -0.39 is 0 Å². The molecule has 0 spiro atoms. The molecular weight excluding hydrogens is 372 g/mol. The first-order valence-electron chi connectivity index (χ1n) is 10.6. The molecule has 1 amide bonds. The summed E-state index contributed by atoms with van der Waals surface area (Å²) in [6, 6.07) is 1.52. The van der Waals surface area contributed by atoms with Crippen LogP contribution in [0.15, 0.2) is 12.3 Å². The fourth-order valence-electron chi connectivity index (χ4n) is 4.86. The number of rotatable bonds is 5. The highest BCUT2D eigenvalue weighted by molar-refractivity contribution is 5.92. The summed E-state index contributed by atoms with van der Waals surface area (Å²) in [5.74, 6) is 0.514. The number of H-pyrrole nitrogens is 1. The van der Waals surface area contributed by atoms with Crippen LogP contribution in [0.2, 0.25) is 0 Å². The molecule has 2 aromatic rings. The summed E-state index contributed by atoms with van der Waals surface area (Å²) in [6.07, 6.45) is 9.35. The normalized spacial score (nSPS) is 29.8. The summed E-state index contributed by atoms with van der Waals surface area (Å²) in [5, 5.41) is 18.6. The van der Waals surface area contributed by atoms with Gasteiger partial charge in [0.1, 0.15) is 23.9 Å². The molecule has 2 N–H and O–H groups in total. The molecule has 4 atom stereocenters. The van der Waals surface area contributed by atoms with Crippen molar-refractivity contribution < 1.29 is 14.3 Å². The Morgan fingerprint density at radius 2 is 2.07 bits per heavy atom. The Kier molecular flexibility index (Phi) is 5.09. The third-order valence-corrected chi connectivity index (χ3v) is 6.40. The maximum atomic E-state index is 12.4. The molecule has 9 heteroatoms. The van der Waals surface area contributed by atoms with E-state index in [-0.39, 0.29) is 30.2 Å². The third-order valence-electron chi connectivity index (χ3n) is 6.40. The Morgan fingerprint density at radius 3 is 2.86 bits per heavy atom. The lowest BCUT2D eigenvalue weighted by atomic mass is 9.86. The van der Waals surface area contributed by atoms with Gasteiger partial charge in [-0.15, -0.1) is 5.10 Å². The number of nitrogens with zero attached hydrogens (tertiary/aromatic N) is 4. The van der Waals surface area contributed by atoms with Gasteiger partial charge in [-0.3, -0.25) is 9.89 Å². The fourth-order valence-corrected chi connectivity index (χ4v) is 4.86. The Balaban J connectivity index is 1.20. The standard InChI is InChI=1S/C20H28N6O3/c1-12-7-15(24-22-12)20(27)21-16-10-28-19-17(11-29-18(16)19)26-9-14(23-25-26)8-13-5-3-2-4-6-13/h7,9,13,16-19H,2-6,8,10-11H2,1H3,(H,21,27)(H,22,24). The van der Waals surface area contributed by atoms with Crippen molar-refractivity contribution in [2.45, 2.75) is 69.7 Å². The molecule has 4 heterocycles. The number of hydrogen-bond donors (Lipinski definition) is 2. The molecule has 3 aliphatic rings. The van der Waals surface area contributed by atoms with E-state index in [1.54, 1.807) is 6.07 Å². The summed E-state index contributed by atoms with van der Waals surface area (Å²) < 4.78 is 13.9. The van der Waals surface area contributed by atoms with Gasteiger partial charge in [0.15, 0.2) is 0 Å². The van der Waals surface area contributed by atoms with E-state index >= 15 is 0 Å². The molecule has 4 unspecified atom stereocenters.